The Balaban J connectivity index is 0.00000220. The van der Waals surface area contributed by atoms with Gasteiger partial charge in [-0.2, -0.15) is 0 Å². The summed E-state index contributed by atoms with van der Waals surface area (Å²) in [6.45, 7) is 2.10. The number of nitrogens with one attached hydrogen (secondary N) is 1. The number of fused-ring (bicyclic) bond motifs is 1. The summed E-state index contributed by atoms with van der Waals surface area (Å²) in [6.07, 6.45) is 5.23. The van der Waals surface area contributed by atoms with Crippen molar-refractivity contribution in [2.75, 3.05) is 38.8 Å². The number of ether oxygens (including phenoxy) is 1. The van der Waals surface area contributed by atoms with Crippen LogP contribution in [-0.4, -0.2) is 39.0 Å². The van der Waals surface area contributed by atoms with Crippen LogP contribution >= 0.6 is 0 Å². The lowest BCUT2D eigenvalue weighted by Gasteiger charge is -2.29. The van der Waals surface area contributed by atoms with Crippen LogP contribution in [0.15, 0.2) is 24.3 Å². The molecule has 0 saturated carbocycles. The van der Waals surface area contributed by atoms with E-state index in [1.165, 1.54) is 11.3 Å². The topological polar surface area (TPSA) is 44.7 Å². The molecule has 4 nitrogen and oxygen atoms in total. The molecule has 0 radical (unpaired) electrons. The molecule has 0 aliphatic carbocycles. The number of para-hydroxylation sites is 1. The van der Waals surface area contributed by atoms with Crippen molar-refractivity contribution in [1.29, 1.82) is 0 Å². The van der Waals surface area contributed by atoms with Crippen molar-refractivity contribution in [3.05, 3.63) is 29.8 Å². The second-order valence-corrected chi connectivity index (χ2v) is 5.07. The Kier molecular flexibility index (Phi) is 7.88. The molecule has 0 spiro atoms. The summed E-state index contributed by atoms with van der Waals surface area (Å²) in [5, 5.41) is 12.3. The third-order valence-corrected chi connectivity index (χ3v) is 3.61. The smallest absolute Gasteiger partial charge is 0.142 e. The Bertz CT molecular complexity index is 477. The van der Waals surface area contributed by atoms with Crippen LogP contribution in [0.1, 0.15) is 24.8 Å². The predicted molar refractivity (Wildman–Crippen MR) is 83.2 cm³/mol. The van der Waals surface area contributed by atoms with Gasteiger partial charge in [0.1, 0.15) is 5.75 Å². The molecule has 2 N–H and O–H groups in total. The first-order valence-electron chi connectivity index (χ1n) is 7.21. The van der Waals surface area contributed by atoms with E-state index in [0.29, 0.717) is 0 Å². The number of likely N-dealkylation sites (N-methyl/N-ethyl adjacent to an activating group) is 1. The number of aliphatic hydroxyl groups excluding tert-OH is 1. The number of aliphatic hydroxyl groups is 1. The molecule has 1 heterocycles. The molecule has 0 fully saturated rings. The van der Waals surface area contributed by atoms with Gasteiger partial charge in [-0.1, -0.05) is 12.1 Å². The molecule has 2 rings (SSSR count). The average molecular weight is 403 g/mol. The minimum Gasteiger partial charge on any atom is -1.00 e. The Hall–Kier alpha value is -0.950. The molecule has 1 aromatic rings. The summed E-state index contributed by atoms with van der Waals surface area (Å²) in [7, 11) is 3.79. The first-order valence-corrected chi connectivity index (χ1v) is 7.21. The van der Waals surface area contributed by atoms with Gasteiger partial charge in [-0.3, -0.25) is 0 Å². The van der Waals surface area contributed by atoms with Crippen LogP contribution in [-0.2, 0) is 0 Å². The van der Waals surface area contributed by atoms with Gasteiger partial charge in [-0.15, -0.1) is 0 Å². The third-order valence-electron chi connectivity index (χ3n) is 3.61. The van der Waals surface area contributed by atoms with Gasteiger partial charge in [0.2, 0.25) is 0 Å². The first-order chi connectivity index (χ1) is 9.77. The van der Waals surface area contributed by atoms with Gasteiger partial charge in [0.25, 0.3) is 0 Å². The van der Waals surface area contributed by atoms with Gasteiger partial charge in [0.15, 0.2) is 0 Å². The number of nitrogens with zero attached hydrogens (tertiary/aromatic N) is 1. The predicted octanol–water partition coefficient (Wildman–Crippen LogP) is -0.758. The van der Waals surface area contributed by atoms with E-state index in [4.69, 9.17) is 9.84 Å². The minimum atomic E-state index is 0. The van der Waals surface area contributed by atoms with E-state index >= 15 is 0 Å². The molecule has 1 aliphatic heterocycles. The second kappa shape index (κ2) is 9.15. The molecular weight excluding hydrogens is 379 g/mol. The zero-order valence-corrected chi connectivity index (χ0v) is 14.9. The number of halogens is 1. The summed E-state index contributed by atoms with van der Waals surface area (Å²) in [6, 6.07) is 6.15. The van der Waals surface area contributed by atoms with Crippen molar-refractivity contribution in [3.63, 3.8) is 0 Å². The molecule has 0 saturated heterocycles. The van der Waals surface area contributed by atoms with Crippen LogP contribution in [0.5, 0.6) is 5.75 Å². The van der Waals surface area contributed by atoms with E-state index in [0.717, 1.165) is 43.8 Å². The first kappa shape index (κ1) is 18.1. The van der Waals surface area contributed by atoms with Crippen molar-refractivity contribution >= 4 is 11.4 Å². The lowest BCUT2D eigenvalue weighted by atomic mass is 10.0. The van der Waals surface area contributed by atoms with E-state index in [1.807, 2.05) is 12.1 Å². The quantitative estimate of drug-likeness (QED) is 0.465. The molecule has 1 aromatic carbocycles. The lowest BCUT2D eigenvalue weighted by Crippen LogP contribution is -3.00. The standard InChI is InChI=1S/C16H24N2O2.HI/c1-18-11-9-14(17-10-4-3-5-12-19)13-7-6-8-15(20-2)16(13)18;/h6-9,17,19H,3-5,10-12H2,1-2H3;1H/p-1. The highest BCUT2D eigenvalue weighted by molar-refractivity contribution is 5.82. The van der Waals surface area contributed by atoms with Crippen LogP contribution in [0.4, 0.5) is 5.69 Å². The van der Waals surface area contributed by atoms with E-state index in [1.54, 1.807) is 7.11 Å². The van der Waals surface area contributed by atoms with Crippen molar-refractivity contribution in [2.45, 2.75) is 19.3 Å². The zero-order valence-electron chi connectivity index (χ0n) is 12.7. The summed E-state index contributed by atoms with van der Waals surface area (Å²) >= 11 is 0. The second-order valence-electron chi connectivity index (χ2n) is 5.07. The molecule has 0 amide bonds. The van der Waals surface area contributed by atoms with Gasteiger partial charge >= 0.3 is 0 Å². The third kappa shape index (κ3) is 4.51. The van der Waals surface area contributed by atoms with Gasteiger partial charge in [-0.25, -0.2) is 0 Å². The Morgan fingerprint density at radius 2 is 2.10 bits per heavy atom. The fourth-order valence-corrected chi connectivity index (χ4v) is 2.53. The van der Waals surface area contributed by atoms with Crippen molar-refractivity contribution in [2.24, 2.45) is 0 Å². The normalized spacial score (nSPS) is 13.1. The molecule has 0 atom stereocenters. The fourth-order valence-electron chi connectivity index (χ4n) is 2.53. The van der Waals surface area contributed by atoms with Crippen LogP contribution in [0.3, 0.4) is 0 Å². The number of rotatable bonds is 7. The van der Waals surface area contributed by atoms with Crippen LogP contribution in [0, 0.1) is 0 Å². The Morgan fingerprint density at radius 1 is 1.29 bits per heavy atom. The number of hydrogen-bond donors (Lipinski definition) is 2. The number of unbranched alkanes of at least 4 members (excludes halogenated alkanes) is 2. The Morgan fingerprint density at radius 3 is 2.81 bits per heavy atom. The SMILES string of the molecule is COc1cccc2c1N(C)CC=C2NCCCCCO.[I-]. The molecule has 0 aromatic heterocycles. The highest BCUT2D eigenvalue weighted by atomic mass is 127. The Labute approximate surface area is 144 Å². The maximum atomic E-state index is 8.78. The maximum absolute atomic E-state index is 8.78. The molecule has 5 heteroatoms. The number of benzene rings is 1. The monoisotopic (exact) mass is 403 g/mol. The molecule has 0 unspecified atom stereocenters. The molecule has 118 valence electrons. The largest absolute Gasteiger partial charge is 1.00 e. The van der Waals surface area contributed by atoms with E-state index < -0.39 is 0 Å². The maximum Gasteiger partial charge on any atom is 0.142 e. The van der Waals surface area contributed by atoms with E-state index in [-0.39, 0.29) is 30.6 Å². The van der Waals surface area contributed by atoms with Gasteiger partial charge in [-0.05, 0) is 31.4 Å². The number of anilines is 1. The van der Waals surface area contributed by atoms with Crippen molar-refractivity contribution in [3.8, 4) is 5.75 Å². The zero-order chi connectivity index (χ0) is 14.4. The van der Waals surface area contributed by atoms with E-state index in [9.17, 15) is 0 Å². The molecule has 1 aliphatic rings. The highest BCUT2D eigenvalue weighted by Crippen LogP contribution is 2.37. The van der Waals surface area contributed by atoms with Gasteiger partial charge < -0.3 is 44.0 Å². The van der Waals surface area contributed by atoms with Gasteiger partial charge in [0, 0.05) is 38.0 Å². The summed E-state index contributed by atoms with van der Waals surface area (Å²) in [4.78, 5) is 2.20. The summed E-state index contributed by atoms with van der Waals surface area (Å²) in [5.41, 5.74) is 3.52. The molecular formula is C16H24IN2O2-. The van der Waals surface area contributed by atoms with Crippen LogP contribution in [0.25, 0.3) is 5.70 Å². The lowest BCUT2D eigenvalue weighted by molar-refractivity contribution is -0.00000558. The number of hydrogen-bond acceptors (Lipinski definition) is 4. The average Bonchev–Trinajstić information content (AvgIpc) is 2.48. The molecule has 0 bridgehead atoms. The summed E-state index contributed by atoms with van der Waals surface area (Å²) < 4.78 is 5.46. The molecule has 21 heavy (non-hydrogen) atoms. The van der Waals surface area contributed by atoms with Crippen LogP contribution < -0.4 is 38.9 Å². The highest BCUT2D eigenvalue weighted by Gasteiger charge is 2.19. The van der Waals surface area contributed by atoms with Gasteiger partial charge in [0.05, 0.1) is 12.8 Å². The van der Waals surface area contributed by atoms with Crippen molar-refractivity contribution in [1.82, 2.24) is 5.32 Å². The van der Waals surface area contributed by atoms with E-state index in [2.05, 4.69) is 29.4 Å². The van der Waals surface area contributed by atoms with Crippen LogP contribution in [0.2, 0.25) is 0 Å². The number of methoxy groups -OCH3 is 1. The summed E-state index contributed by atoms with van der Waals surface area (Å²) in [5.74, 6) is 0.915. The fraction of sp³-hybridized carbons (Fsp3) is 0.500. The minimum absolute atomic E-state index is 0. The van der Waals surface area contributed by atoms with Crippen molar-refractivity contribution < 1.29 is 33.8 Å².